The fraction of sp³-hybridized carbons (Fsp3) is 0.875. The summed E-state index contributed by atoms with van der Waals surface area (Å²) in [6, 6.07) is 0.447. The van der Waals surface area contributed by atoms with Crippen molar-refractivity contribution in [2.75, 3.05) is 19.6 Å². The molecule has 0 aromatic rings. The maximum absolute atomic E-state index is 10.9. The van der Waals surface area contributed by atoms with Crippen LogP contribution in [0, 0.1) is 0 Å². The molecule has 1 aliphatic rings. The van der Waals surface area contributed by atoms with Crippen molar-refractivity contribution in [3.63, 3.8) is 0 Å². The largest absolute Gasteiger partial charge is 0.336 e. The van der Waals surface area contributed by atoms with Crippen molar-refractivity contribution in [1.82, 2.24) is 13.7 Å². The summed E-state index contributed by atoms with van der Waals surface area (Å²) in [5, 5.41) is 2.84. The smallest absolute Gasteiger partial charge is 0.323 e. The molecule has 0 saturated carbocycles. The molecule has 1 unspecified atom stereocenters. The predicted octanol–water partition coefficient (Wildman–Crippen LogP) is 1.12. The average Bonchev–Trinajstić information content (AvgIpc) is 2.61. The Kier molecular flexibility index (Phi) is 4.79. The highest BCUT2D eigenvalue weighted by atomic mass is 127. The highest BCUT2D eigenvalue weighted by molar-refractivity contribution is 14.1. The number of nitrogens with zero attached hydrogens (tertiary/aromatic N) is 1. The van der Waals surface area contributed by atoms with Gasteiger partial charge in [-0.2, -0.15) is 0 Å². The maximum atomic E-state index is 10.9. The number of hydrogen-bond donors (Lipinski definition) is 2. The number of hydrogen-bond acceptors (Lipinski definition) is 2. The van der Waals surface area contributed by atoms with Gasteiger partial charge in [0.05, 0.1) is 22.9 Å². The van der Waals surface area contributed by atoms with E-state index in [1.807, 2.05) is 22.9 Å². The van der Waals surface area contributed by atoms with Gasteiger partial charge in [-0.15, -0.1) is 0 Å². The van der Waals surface area contributed by atoms with Crippen molar-refractivity contribution < 1.29 is 4.79 Å². The minimum absolute atomic E-state index is 0.0939. The molecule has 0 aliphatic carbocycles. The van der Waals surface area contributed by atoms with Gasteiger partial charge >= 0.3 is 6.03 Å². The lowest BCUT2D eigenvalue weighted by atomic mass is 10.2. The molecular weight excluding hydrogens is 281 g/mol. The lowest BCUT2D eigenvalue weighted by Crippen LogP contribution is -2.41. The summed E-state index contributed by atoms with van der Waals surface area (Å²) < 4.78 is 2.52. The van der Waals surface area contributed by atoms with Crippen LogP contribution in [0.1, 0.15) is 19.8 Å². The van der Waals surface area contributed by atoms with E-state index in [0.29, 0.717) is 6.04 Å². The summed E-state index contributed by atoms with van der Waals surface area (Å²) in [5.41, 5.74) is 0. The third-order valence-electron chi connectivity index (χ3n) is 2.49. The number of likely N-dealkylation sites (tertiary alicyclic amines) is 1. The summed E-state index contributed by atoms with van der Waals surface area (Å²) in [6.45, 7) is 5.19. The predicted molar refractivity (Wildman–Crippen MR) is 60.8 cm³/mol. The van der Waals surface area contributed by atoms with Crippen LogP contribution in [0.15, 0.2) is 0 Å². The van der Waals surface area contributed by atoms with Crippen LogP contribution in [0.5, 0.6) is 0 Å². The Labute approximate surface area is 92.9 Å². The second kappa shape index (κ2) is 5.64. The van der Waals surface area contributed by atoms with Crippen molar-refractivity contribution in [3.05, 3.63) is 0 Å². The standard InChI is InChI=1S/C8H16IN3O/c1-2-12-5-3-4-7(12)6-10-8(13)11-9/h7H,2-6H2,1H3,(H2,10,11,13). The van der Waals surface area contributed by atoms with E-state index in [9.17, 15) is 4.79 Å². The molecule has 0 radical (unpaired) electrons. The third kappa shape index (κ3) is 3.30. The number of likely N-dealkylation sites (N-methyl/N-ethyl adjacent to an activating group) is 1. The van der Waals surface area contributed by atoms with Crippen molar-refractivity contribution in [1.29, 1.82) is 0 Å². The van der Waals surface area contributed by atoms with E-state index in [4.69, 9.17) is 0 Å². The molecule has 13 heavy (non-hydrogen) atoms. The first-order valence-electron chi connectivity index (χ1n) is 4.66. The molecule has 1 heterocycles. The van der Waals surface area contributed by atoms with Crippen LogP contribution >= 0.6 is 22.9 Å². The number of carbonyl (C=O) groups excluding carboxylic acids is 1. The van der Waals surface area contributed by atoms with Crippen LogP contribution in [0.3, 0.4) is 0 Å². The highest BCUT2D eigenvalue weighted by Gasteiger charge is 2.22. The molecule has 1 saturated heterocycles. The minimum Gasteiger partial charge on any atom is -0.336 e. The van der Waals surface area contributed by atoms with Gasteiger partial charge < -0.3 is 5.32 Å². The molecule has 0 aromatic heterocycles. The molecule has 2 amide bonds. The summed E-state index contributed by atoms with van der Waals surface area (Å²) in [4.78, 5) is 13.3. The minimum atomic E-state index is -0.0939. The van der Waals surface area contributed by atoms with Gasteiger partial charge in [0.1, 0.15) is 0 Å². The van der Waals surface area contributed by atoms with Crippen LogP contribution in [0.4, 0.5) is 4.79 Å². The number of halogens is 1. The van der Waals surface area contributed by atoms with Gasteiger partial charge in [0.15, 0.2) is 0 Å². The van der Waals surface area contributed by atoms with Crippen LogP contribution in [0.2, 0.25) is 0 Å². The fourth-order valence-corrected chi connectivity index (χ4v) is 1.98. The molecule has 0 aromatic carbocycles. The zero-order chi connectivity index (χ0) is 9.68. The molecule has 0 spiro atoms. The van der Waals surface area contributed by atoms with Crippen molar-refractivity contribution >= 4 is 28.9 Å². The third-order valence-corrected chi connectivity index (χ3v) is 2.98. The number of amides is 2. The van der Waals surface area contributed by atoms with Gasteiger partial charge in [-0.25, -0.2) is 4.79 Å². The quantitative estimate of drug-likeness (QED) is 0.606. The Morgan fingerprint density at radius 3 is 3.08 bits per heavy atom. The summed E-state index contributed by atoms with van der Waals surface area (Å²) in [5.74, 6) is 0. The highest BCUT2D eigenvalue weighted by Crippen LogP contribution is 2.15. The Morgan fingerprint density at radius 2 is 2.46 bits per heavy atom. The number of carbonyl (C=O) groups is 1. The second-order valence-electron chi connectivity index (χ2n) is 3.23. The van der Waals surface area contributed by atoms with Gasteiger partial charge in [-0.05, 0) is 25.9 Å². The van der Waals surface area contributed by atoms with E-state index < -0.39 is 0 Å². The zero-order valence-corrected chi connectivity index (χ0v) is 10.0. The average molecular weight is 297 g/mol. The van der Waals surface area contributed by atoms with Gasteiger partial charge in [0.2, 0.25) is 0 Å². The number of nitrogens with one attached hydrogen (secondary N) is 2. The normalized spacial score (nSPS) is 23.1. The first-order valence-corrected chi connectivity index (χ1v) is 5.74. The SMILES string of the molecule is CCN1CCCC1CNC(=O)NI. The maximum Gasteiger partial charge on any atom is 0.323 e. The van der Waals surface area contributed by atoms with Gasteiger partial charge in [0.25, 0.3) is 0 Å². The van der Waals surface area contributed by atoms with E-state index >= 15 is 0 Å². The lowest BCUT2D eigenvalue weighted by molar-refractivity contribution is 0.234. The number of urea groups is 1. The summed E-state index contributed by atoms with van der Waals surface area (Å²) in [6.07, 6.45) is 2.46. The summed E-state index contributed by atoms with van der Waals surface area (Å²) >= 11 is 1.84. The Hall–Kier alpha value is -0.0400. The van der Waals surface area contributed by atoms with Crippen molar-refractivity contribution in [2.45, 2.75) is 25.8 Å². The van der Waals surface area contributed by atoms with E-state index in [0.717, 1.165) is 13.1 Å². The number of rotatable bonds is 3. The van der Waals surface area contributed by atoms with E-state index in [2.05, 4.69) is 20.7 Å². The molecule has 1 aliphatic heterocycles. The van der Waals surface area contributed by atoms with Crippen LogP contribution in [0.25, 0.3) is 0 Å². The van der Waals surface area contributed by atoms with Crippen molar-refractivity contribution in [2.24, 2.45) is 0 Å². The molecule has 76 valence electrons. The molecule has 1 fully saturated rings. The monoisotopic (exact) mass is 297 g/mol. The van der Waals surface area contributed by atoms with Gasteiger partial charge in [-0.3, -0.25) is 8.43 Å². The molecule has 1 atom stereocenters. The van der Waals surface area contributed by atoms with E-state index in [1.54, 1.807) is 0 Å². The van der Waals surface area contributed by atoms with Crippen LogP contribution in [-0.2, 0) is 0 Å². The van der Waals surface area contributed by atoms with Crippen molar-refractivity contribution in [3.8, 4) is 0 Å². The fourth-order valence-electron chi connectivity index (χ4n) is 1.79. The summed E-state index contributed by atoms with van der Waals surface area (Å²) in [7, 11) is 0. The molecule has 4 nitrogen and oxygen atoms in total. The molecule has 2 N–H and O–H groups in total. The van der Waals surface area contributed by atoms with Crippen LogP contribution in [-0.4, -0.2) is 36.6 Å². The zero-order valence-electron chi connectivity index (χ0n) is 7.85. The van der Waals surface area contributed by atoms with Gasteiger partial charge in [-0.1, -0.05) is 6.92 Å². The van der Waals surface area contributed by atoms with E-state index in [1.165, 1.54) is 19.4 Å². The van der Waals surface area contributed by atoms with E-state index in [-0.39, 0.29) is 6.03 Å². The van der Waals surface area contributed by atoms with Gasteiger partial charge in [0, 0.05) is 12.6 Å². The Morgan fingerprint density at radius 1 is 1.69 bits per heavy atom. The first-order chi connectivity index (χ1) is 6.27. The molecule has 5 heteroatoms. The molecule has 0 bridgehead atoms. The Balaban J connectivity index is 2.23. The Bertz CT molecular complexity index is 177. The molecular formula is C8H16IN3O. The second-order valence-corrected chi connectivity index (χ2v) is 3.77. The first kappa shape index (κ1) is 11.0. The molecule has 1 rings (SSSR count). The van der Waals surface area contributed by atoms with Crippen LogP contribution < -0.4 is 8.85 Å². The topological polar surface area (TPSA) is 44.4 Å². The lowest BCUT2D eigenvalue weighted by Gasteiger charge is -2.22.